The van der Waals surface area contributed by atoms with Gasteiger partial charge in [-0.15, -0.1) is 0 Å². The van der Waals surface area contributed by atoms with Crippen LogP contribution in [-0.2, 0) is 9.53 Å². The predicted molar refractivity (Wildman–Crippen MR) is 92.5 cm³/mol. The molecule has 0 aliphatic carbocycles. The Morgan fingerprint density at radius 2 is 1.88 bits per heavy atom. The lowest BCUT2D eigenvalue weighted by Gasteiger charge is -2.12. The standard InChI is InChI=1S/C18H20N2O4/c1-3-24-16-10-5-4-9-15(16)19-12-17(21)20-14-8-6-7-13(11-14)18(22)23-2/h4-11,19H,3,12H2,1-2H3,(H,20,21). The fraction of sp³-hybridized carbons (Fsp3) is 0.222. The number of esters is 1. The first-order chi connectivity index (χ1) is 11.6. The summed E-state index contributed by atoms with van der Waals surface area (Å²) in [4.78, 5) is 23.6. The third-order valence-electron chi connectivity index (χ3n) is 3.19. The number of methoxy groups -OCH3 is 1. The van der Waals surface area contributed by atoms with Crippen LogP contribution in [0.4, 0.5) is 11.4 Å². The van der Waals surface area contributed by atoms with Gasteiger partial charge in [0.15, 0.2) is 0 Å². The number of ether oxygens (including phenoxy) is 2. The number of hydrogen-bond acceptors (Lipinski definition) is 5. The van der Waals surface area contributed by atoms with Crippen molar-refractivity contribution in [2.45, 2.75) is 6.92 Å². The van der Waals surface area contributed by atoms with Crippen molar-refractivity contribution < 1.29 is 19.1 Å². The van der Waals surface area contributed by atoms with Crippen molar-refractivity contribution >= 4 is 23.3 Å². The van der Waals surface area contributed by atoms with E-state index >= 15 is 0 Å². The highest BCUT2D eigenvalue weighted by molar-refractivity contribution is 5.96. The monoisotopic (exact) mass is 328 g/mol. The first-order valence-electron chi connectivity index (χ1n) is 7.58. The smallest absolute Gasteiger partial charge is 0.337 e. The summed E-state index contributed by atoms with van der Waals surface area (Å²) in [5, 5.41) is 5.77. The number of carbonyl (C=O) groups excluding carboxylic acids is 2. The van der Waals surface area contributed by atoms with E-state index in [-0.39, 0.29) is 12.5 Å². The van der Waals surface area contributed by atoms with E-state index in [0.717, 1.165) is 5.69 Å². The Morgan fingerprint density at radius 3 is 2.62 bits per heavy atom. The Labute approximate surface area is 140 Å². The molecule has 2 aromatic rings. The fourth-order valence-electron chi connectivity index (χ4n) is 2.12. The molecule has 0 atom stereocenters. The topological polar surface area (TPSA) is 76.7 Å². The van der Waals surface area contributed by atoms with Gasteiger partial charge in [0.2, 0.25) is 5.91 Å². The van der Waals surface area contributed by atoms with Gasteiger partial charge in [0.1, 0.15) is 5.75 Å². The molecule has 2 aromatic carbocycles. The highest BCUT2D eigenvalue weighted by Crippen LogP contribution is 2.23. The summed E-state index contributed by atoms with van der Waals surface area (Å²) in [6.45, 7) is 2.52. The van der Waals surface area contributed by atoms with Crippen LogP contribution in [0.3, 0.4) is 0 Å². The Bertz CT molecular complexity index is 716. The molecule has 0 aliphatic rings. The fourth-order valence-corrected chi connectivity index (χ4v) is 2.12. The molecule has 0 spiro atoms. The lowest BCUT2D eigenvalue weighted by Crippen LogP contribution is -2.22. The van der Waals surface area contributed by atoms with Crippen molar-refractivity contribution in [1.29, 1.82) is 0 Å². The molecule has 6 nitrogen and oxygen atoms in total. The second-order valence-electron chi connectivity index (χ2n) is 4.90. The van der Waals surface area contributed by atoms with Crippen molar-refractivity contribution in [3.8, 4) is 5.75 Å². The number of amides is 1. The molecule has 0 bridgehead atoms. The maximum Gasteiger partial charge on any atom is 0.337 e. The molecule has 0 aliphatic heterocycles. The van der Waals surface area contributed by atoms with Crippen LogP contribution in [0.5, 0.6) is 5.75 Å². The third-order valence-corrected chi connectivity index (χ3v) is 3.19. The van der Waals surface area contributed by atoms with Crippen LogP contribution >= 0.6 is 0 Å². The first-order valence-corrected chi connectivity index (χ1v) is 7.58. The molecule has 0 fully saturated rings. The van der Waals surface area contributed by atoms with E-state index in [1.807, 2.05) is 31.2 Å². The van der Waals surface area contributed by atoms with Gasteiger partial charge in [-0.1, -0.05) is 18.2 Å². The number of carbonyl (C=O) groups is 2. The molecule has 126 valence electrons. The van der Waals surface area contributed by atoms with Gasteiger partial charge in [-0.2, -0.15) is 0 Å². The van der Waals surface area contributed by atoms with E-state index in [1.165, 1.54) is 7.11 Å². The largest absolute Gasteiger partial charge is 0.492 e. The van der Waals surface area contributed by atoms with E-state index in [2.05, 4.69) is 15.4 Å². The Hall–Kier alpha value is -3.02. The zero-order chi connectivity index (χ0) is 17.4. The van der Waals surface area contributed by atoms with Gasteiger partial charge in [0.05, 0.1) is 31.5 Å². The first kappa shape index (κ1) is 17.3. The summed E-state index contributed by atoms with van der Waals surface area (Å²) >= 11 is 0. The van der Waals surface area contributed by atoms with Crippen LogP contribution in [-0.4, -0.2) is 32.1 Å². The number of nitrogens with one attached hydrogen (secondary N) is 2. The Balaban J connectivity index is 1.96. The van der Waals surface area contributed by atoms with Gasteiger partial charge >= 0.3 is 5.97 Å². The highest BCUT2D eigenvalue weighted by Gasteiger charge is 2.09. The van der Waals surface area contributed by atoms with Gasteiger partial charge in [-0.05, 0) is 37.3 Å². The summed E-state index contributed by atoms with van der Waals surface area (Å²) < 4.78 is 10.2. The van der Waals surface area contributed by atoms with Crippen LogP contribution in [0.2, 0.25) is 0 Å². The number of para-hydroxylation sites is 2. The summed E-state index contributed by atoms with van der Waals surface area (Å²) in [5.74, 6) is 0.0127. The predicted octanol–water partition coefficient (Wildman–Crippen LogP) is 2.92. The van der Waals surface area contributed by atoms with E-state index in [0.29, 0.717) is 23.6 Å². The molecule has 0 unspecified atom stereocenters. The SMILES string of the molecule is CCOc1ccccc1NCC(=O)Nc1cccc(C(=O)OC)c1. The minimum Gasteiger partial charge on any atom is -0.492 e. The summed E-state index contributed by atoms with van der Waals surface area (Å²) in [7, 11) is 1.31. The Kier molecular flexibility index (Phi) is 6.19. The molecule has 2 rings (SSSR count). The molecule has 0 radical (unpaired) electrons. The van der Waals surface area contributed by atoms with Crippen molar-refractivity contribution in [3.05, 3.63) is 54.1 Å². The number of anilines is 2. The lowest BCUT2D eigenvalue weighted by atomic mass is 10.2. The van der Waals surface area contributed by atoms with Crippen LogP contribution in [0, 0.1) is 0 Å². The van der Waals surface area contributed by atoms with E-state index in [9.17, 15) is 9.59 Å². The second kappa shape index (κ2) is 8.57. The van der Waals surface area contributed by atoms with E-state index in [4.69, 9.17) is 4.74 Å². The van der Waals surface area contributed by atoms with Crippen LogP contribution in [0.1, 0.15) is 17.3 Å². The van der Waals surface area contributed by atoms with Gasteiger partial charge in [-0.3, -0.25) is 4.79 Å². The summed E-state index contributed by atoms with van der Waals surface area (Å²) in [5.41, 5.74) is 1.66. The van der Waals surface area contributed by atoms with Crippen LogP contribution in [0.15, 0.2) is 48.5 Å². The second-order valence-corrected chi connectivity index (χ2v) is 4.90. The van der Waals surface area contributed by atoms with E-state index < -0.39 is 5.97 Å². The van der Waals surface area contributed by atoms with Crippen LogP contribution in [0.25, 0.3) is 0 Å². The van der Waals surface area contributed by atoms with Crippen molar-refractivity contribution in [2.24, 2.45) is 0 Å². The maximum atomic E-state index is 12.1. The molecule has 6 heteroatoms. The molecule has 0 heterocycles. The Morgan fingerprint density at radius 1 is 1.08 bits per heavy atom. The minimum atomic E-state index is -0.449. The normalized spacial score (nSPS) is 9.92. The molecule has 0 saturated carbocycles. The molecular weight excluding hydrogens is 308 g/mol. The van der Waals surface area contributed by atoms with Crippen molar-refractivity contribution in [1.82, 2.24) is 0 Å². The zero-order valence-corrected chi connectivity index (χ0v) is 13.7. The van der Waals surface area contributed by atoms with Crippen molar-refractivity contribution in [3.63, 3.8) is 0 Å². The zero-order valence-electron chi connectivity index (χ0n) is 13.7. The number of benzene rings is 2. The molecule has 0 aromatic heterocycles. The lowest BCUT2D eigenvalue weighted by molar-refractivity contribution is -0.114. The maximum absolute atomic E-state index is 12.1. The number of rotatable bonds is 7. The van der Waals surface area contributed by atoms with Gasteiger partial charge in [-0.25, -0.2) is 4.79 Å². The molecular formula is C18H20N2O4. The minimum absolute atomic E-state index is 0.0759. The third kappa shape index (κ3) is 4.74. The molecule has 0 saturated heterocycles. The van der Waals surface area contributed by atoms with Crippen LogP contribution < -0.4 is 15.4 Å². The van der Waals surface area contributed by atoms with Gasteiger partial charge in [0.25, 0.3) is 0 Å². The molecule has 24 heavy (non-hydrogen) atoms. The number of hydrogen-bond donors (Lipinski definition) is 2. The highest BCUT2D eigenvalue weighted by atomic mass is 16.5. The quantitative estimate of drug-likeness (QED) is 0.764. The van der Waals surface area contributed by atoms with Crippen molar-refractivity contribution in [2.75, 3.05) is 30.9 Å². The summed E-state index contributed by atoms with van der Waals surface area (Å²) in [6.07, 6.45) is 0. The van der Waals surface area contributed by atoms with E-state index in [1.54, 1.807) is 24.3 Å². The summed E-state index contributed by atoms with van der Waals surface area (Å²) in [6, 6.07) is 14.0. The molecule has 2 N–H and O–H groups in total. The molecule has 1 amide bonds. The van der Waals surface area contributed by atoms with Gasteiger partial charge in [0, 0.05) is 5.69 Å². The average molecular weight is 328 g/mol. The average Bonchev–Trinajstić information content (AvgIpc) is 2.61. The van der Waals surface area contributed by atoms with Gasteiger partial charge < -0.3 is 20.1 Å².